The number of hydrogen-bond acceptors (Lipinski definition) is 2. The van der Waals surface area contributed by atoms with Crippen molar-refractivity contribution in [3.05, 3.63) is 0 Å². The van der Waals surface area contributed by atoms with Crippen molar-refractivity contribution >= 4 is 17.5 Å². The van der Waals surface area contributed by atoms with Crippen molar-refractivity contribution in [1.82, 2.24) is 5.32 Å². The number of fused-ring (bicyclic) bond motifs is 2. The Labute approximate surface area is 89.1 Å². The third kappa shape index (κ3) is 2.20. The molecule has 3 nitrogen and oxygen atoms in total. The van der Waals surface area contributed by atoms with E-state index in [-0.39, 0.29) is 18.1 Å². The van der Waals surface area contributed by atoms with Crippen molar-refractivity contribution in [3.8, 4) is 0 Å². The Kier molecular flexibility index (Phi) is 3.29. The van der Waals surface area contributed by atoms with Crippen molar-refractivity contribution in [2.75, 3.05) is 5.88 Å². The molecule has 2 bridgehead atoms. The summed E-state index contributed by atoms with van der Waals surface area (Å²) < 4.78 is 5.65. The standard InChI is InChI=1S/C10H16ClNO2/c11-5-1-2-10(13)12-8-6-7-3-4-9(8)14-7/h7-9H,1-6H2,(H,12,13). The highest BCUT2D eigenvalue weighted by atomic mass is 35.5. The number of carbonyl (C=O) groups is 1. The Hall–Kier alpha value is -0.280. The van der Waals surface area contributed by atoms with Gasteiger partial charge in [-0.05, 0) is 25.7 Å². The van der Waals surface area contributed by atoms with Crippen LogP contribution < -0.4 is 5.32 Å². The molecule has 2 saturated heterocycles. The minimum atomic E-state index is 0.117. The van der Waals surface area contributed by atoms with Crippen LogP contribution in [0.25, 0.3) is 0 Å². The lowest BCUT2D eigenvalue weighted by atomic mass is 9.95. The van der Waals surface area contributed by atoms with Gasteiger partial charge in [-0.3, -0.25) is 4.79 Å². The molecular weight excluding hydrogens is 202 g/mol. The van der Waals surface area contributed by atoms with Gasteiger partial charge < -0.3 is 10.1 Å². The van der Waals surface area contributed by atoms with Crippen molar-refractivity contribution < 1.29 is 9.53 Å². The van der Waals surface area contributed by atoms with Gasteiger partial charge in [0.25, 0.3) is 0 Å². The van der Waals surface area contributed by atoms with Gasteiger partial charge in [-0.15, -0.1) is 11.6 Å². The smallest absolute Gasteiger partial charge is 0.220 e. The molecule has 1 N–H and O–H groups in total. The highest BCUT2D eigenvalue weighted by Crippen LogP contribution is 2.34. The number of rotatable bonds is 4. The van der Waals surface area contributed by atoms with E-state index in [1.807, 2.05) is 0 Å². The molecule has 0 aromatic heterocycles. The fourth-order valence-corrected chi connectivity index (χ4v) is 2.43. The zero-order valence-corrected chi connectivity index (χ0v) is 8.93. The molecule has 0 aromatic rings. The minimum Gasteiger partial charge on any atom is -0.373 e. The van der Waals surface area contributed by atoms with E-state index >= 15 is 0 Å². The first-order valence-electron chi connectivity index (χ1n) is 5.30. The first-order chi connectivity index (χ1) is 6.79. The van der Waals surface area contributed by atoms with Crippen LogP contribution >= 0.6 is 11.6 Å². The van der Waals surface area contributed by atoms with E-state index in [0.29, 0.717) is 18.4 Å². The molecule has 0 aliphatic carbocycles. The zero-order chi connectivity index (χ0) is 9.97. The Morgan fingerprint density at radius 3 is 2.93 bits per heavy atom. The third-order valence-corrected chi connectivity index (χ3v) is 3.26. The third-order valence-electron chi connectivity index (χ3n) is 2.99. The van der Waals surface area contributed by atoms with Gasteiger partial charge in [-0.1, -0.05) is 0 Å². The van der Waals surface area contributed by atoms with E-state index in [4.69, 9.17) is 16.3 Å². The molecule has 0 saturated carbocycles. The molecule has 2 fully saturated rings. The lowest BCUT2D eigenvalue weighted by Gasteiger charge is -2.19. The van der Waals surface area contributed by atoms with Gasteiger partial charge in [0, 0.05) is 12.3 Å². The molecular formula is C10H16ClNO2. The lowest BCUT2D eigenvalue weighted by Crippen LogP contribution is -2.41. The van der Waals surface area contributed by atoms with Crippen molar-refractivity contribution in [1.29, 1.82) is 0 Å². The largest absolute Gasteiger partial charge is 0.373 e. The van der Waals surface area contributed by atoms with Gasteiger partial charge in [0.15, 0.2) is 0 Å². The van der Waals surface area contributed by atoms with Gasteiger partial charge in [0.05, 0.1) is 18.2 Å². The Bertz CT molecular complexity index is 222. The van der Waals surface area contributed by atoms with Crippen molar-refractivity contribution in [3.63, 3.8) is 0 Å². The van der Waals surface area contributed by atoms with Gasteiger partial charge in [-0.2, -0.15) is 0 Å². The fourth-order valence-electron chi connectivity index (χ4n) is 2.30. The van der Waals surface area contributed by atoms with Crippen LogP contribution in [0.15, 0.2) is 0 Å². The summed E-state index contributed by atoms with van der Waals surface area (Å²) in [5.41, 5.74) is 0. The van der Waals surface area contributed by atoms with E-state index in [9.17, 15) is 4.79 Å². The molecule has 2 aliphatic heterocycles. The average molecular weight is 218 g/mol. The van der Waals surface area contributed by atoms with Crippen LogP contribution in [0.1, 0.15) is 32.1 Å². The lowest BCUT2D eigenvalue weighted by molar-refractivity contribution is -0.122. The number of amides is 1. The van der Waals surface area contributed by atoms with Crippen LogP contribution in [0.2, 0.25) is 0 Å². The molecule has 3 atom stereocenters. The second-order valence-corrected chi connectivity index (χ2v) is 4.45. The minimum absolute atomic E-state index is 0.117. The molecule has 2 rings (SSSR count). The first kappa shape index (κ1) is 10.2. The summed E-state index contributed by atoms with van der Waals surface area (Å²) in [5, 5.41) is 3.02. The maximum Gasteiger partial charge on any atom is 0.220 e. The Morgan fingerprint density at radius 1 is 1.50 bits per heavy atom. The molecule has 3 unspecified atom stereocenters. The maximum atomic E-state index is 11.4. The SMILES string of the molecule is O=C(CCCCl)NC1CC2CCC1O2. The maximum absolute atomic E-state index is 11.4. The van der Waals surface area contributed by atoms with E-state index < -0.39 is 0 Å². The van der Waals surface area contributed by atoms with E-state index in [2.05, 4.69) is 5.32 Å². The van der Waals surface area contributed by atoms with Crippen LogP contribution in [-0.4, -0.2) is 30.0 Å². The summed E-state index contributed by atoms with van der Waals surface area (Å²) in [4.78, 5) is 11.4. The van der Waals surface area contributed by atoms with Crippen molar-refractivity contribution in [2.45, 2.75) is 50.4 Å². The summed E-state index contributed by atoms with van der Waals surface area (Å²) in [5.74, 6) is 0.674. The summed E-state index contributed by atoms with van der Waals surface area (Å²) in [7, 11) is 0. The highest BCUT2D eigenvalue weighted by molar-refractivity contribution is 6.17. The number of ether oxygens (including phenoxy) is 1. The molecule has 14 heavy (non-hydrogen) atoms. The molecule has 2 heterocycles. The second kappa shape index (κ2) is 4.49. The molecule has 0 aromatic carbocycles. The van der Waals surface area contributed by atoms with Crippen LogP contribution in [-0.2, 0) is 9.53 Å². The van der Waals surface area contributed by atoms with Crippen LogP contribution in [0.5, 0.6) is 0 Å². The number of hydrogen-bond donors (Lipinski definition) is 1. The Morgan fingerprint density at radius 2 is 2.36 bits per heavy atom. The summed E-state index contributed by atoms with van der Waals surface area (Å²) in [6.07, 6.45) is 5.24. The highest BCUT2D eigenvalue weighted by Gasteiger charge is 2.41. The van der Waals surface area contributed by atoms with E-state index in [1.165, 1.54) is 6.42 Å². The van der Waals surface area contributed by atoms with E-state index in [0.717, 1.165) is 19.3 Å². The van der Waals surface area contributed by atoms with Gasteiger partial charge in [0.2, 0.25) is 5.91 Å². The molecule has 0 radical (unpaired) electrons. The molecule has 80 valence electrons. The topological polar surface area (TPSA) is 38.3 Å². The predicted molar refractivity (Wildman–Crippen MR) is 54.4 cm³/mol. The van der Waals surface area contributed by atoms with Crippen LogP contribution in [0.3, 0.4) is 0 Å². The van der Waals surface area contributed by atoms with Gasteiger partial charge in [0.1, 0.15) is 0 Å². The van der Waals surface area contributed by atoms with Gasteiger partial charge in [-0.25, -0.2) is 0 Å². The number of carbonyl (C=O) groups excluding carboxylic acids is 1. The summed E-state index contributed by atoms with van der Waals surface area (Å²) in [6, 6.07) is 0.261. The average Bonchev–Trinajstić information content (AvgIpc) is 2.76. The van der Waals surface area contributed by atoms with Crippen LogP contribution in [0.4, 0.5) is 0 Å². The zero-order valence-electron chi connectivity index (χ0n) is 8.17. The number of nitrogens with one attached hydrogen (secondary N) is 1. The summed E-state index contributed by atoms with van der Waals surface area (Å²) >= 11 is 5.52. The monoisotopic (exact) mass is 217 g/mol. The normalized spacial score (nSPS) is 34.8. The number of halogens is 1. The molecule has 0 spiro atoms. The number of alkyl halides is 1. The van der Waals surface area contributed by atoms with Crippen LogP contribution in [0, 0.1) is 0 Å². The van der Waals surface area contributed by atoms with Crippen molar-refractivity contribution in [2.24, 2.45) is 0 Å². The summed E-state index contributed by atoms with van der Waals surface area (Å²) in [6.45, 7) is 0. The second-order valence-electron chi connectivity index (χ2n) is 4.08. The predicted octanol–water partition coefficient (Wildman–Crippen LogP) is 1.44. The molecule has 1 amide bonds. The molecule has 4 heteroatoms. The Balaban J connectivity index is 1.73. The first-order valence-corrected chi connectivity index (χ1v) is 5.84. The molecule has 2 aliphatic rings. The fraction of sp³-hybridized carbons (Fsp3) is 0.900. The quantitative estimate of drug-likeness (QED) is 0.724. The van der Waals surface area contributed by atoms with Gasteiger partial charge >= 0.3 is 0 Å². The van der Waals surface area contributed by atoms with E-state index in [1.54, 1.807) is 0 Å².